The smallest absolute Gasteiger partial charge is 0.324 e. The SMILES string of the molecule is O=C(Cn1nc2c3cc(F)ccc3ncn2c1=O)Nc1ccc(F)c(Cl)c1. The van der Waals surface area contributed by atoms with E-state index < -0.39 is 29.8 Å². The number of carbonyl (C=O) groups excluding carboxylic acids is 1. The van der Waals surface area contributed by atoms with E-state index in [-0.39, 0.29) is 16.4 Å². The molecule has 10 heteroatoms. The first-order chi connectivity index (χ1) is 12.9. The zero-order valence-corrected chi connectivity index (χ0v) is 14.2. The molecule has 0 radical (unpaired) electrons. The molecule has 0 bridgehead atoms. The number of fused-ring (bicyclic) bond motifs is 3. The van der Waals surface area contributed by atoms with Crippen LogP contribution in [0.2, 0.25) is 5.02 Å². The molecule has 0 aliphatic heterocycles. The molecule has 4 rings (SSSR count). The molecule has 0 aliphatic carbocycles. The number of benzene rings is 2. The van der Waals surface area contributed by atoms with Crippen LogP contribution in [0.5, 0.6) is 0 Å². The molecule has 7 nitrogen and oxygen atoms in total. The highest BCUT2D eigenvalue weighted by molar-refractivity contribution is 6.31. The van der Waals surface area contributed by atoms with E-state index in [1.807, 2.05) is 0 Å². The van der Waals surface area contributed by atoms with Crippen molar-refractivity contribution >= 4 is 39.7 Å². The highest BCUT2D eigenvalue weighted by Crippen LogP contribution is 2.19. The summed E-state index contributed by atoms with van der Waals surface area (Å²) >= 11 is 5.67. The standard InChI is InChI=1S/C17H10ClF2N5O2/c18-12-6-10(2-3-13(12)20)22-15(26)7-25-17(27)24-8-21-14-4-1-9(19)5-11(14)16(24)23-25/h1-6,8H,7H2,(H,22,26). The molecule has 2 aromatic heterocycles. The van der Waals surface area contributed by atoms with Gasteiger partial charge in [-0.25, -0.2) is 27.6 Å². The van der Waals surface area contributed by atoms with Crippen LogP contribution in [0.3, 0.4) is 0 Å². The molecule has 0 unspecified atom stereocenters. The molecule has 0 spiro atoms. The fourth-order valence-corrected chi connectivity index (χ4v) is 2.82. The fraction of sp³-hybridized carbons (Fsp3) is 0.0588. The number of amides is 1. The highest BCUT2D eigenvalue weighted by Gasteiger charge is 2.14. The number of aromatic nitrogens is 4. The Morgan fingerprint density at radius 2 is 2.00 bits per heavy atom. The van der Waals surface area contributed by atoms with Crippen molar-refractivity contribution in [2.24, 2.45) is 0 Å². The quantitative estimate of drug-likeness (QED) is 0.584. The van der Waals surface area contributed by atoms with Crippen molar-refractivity contribution in [1.82, 2.24) is 19.2 Å². The molecule has 0 saturated carbocycles. The summed E-state index contributed by atoms with van der Waals surface area (Å²) in [4.78, 5) is 28.7. The third-order valence-corrected chi connectivity index (χ3v) is 4.17. The molecule has 27 heavy (non-hydrogen) atoms. The lowest BCUT2D eigenvalue weighted by molar-refractivity contribution is -0.117. The van der Waals surface area contributed by atoms with Crippen molar-refractivity contribution < 1.29 is 13.6 Å². The molecule has 4 aromatic rings. The molecule has 0 atom stereocenters. The van der Waals surface area contributed by atoms with Crippen LogP contribution in [0.25, 0.3) is 16.6 Å². The van der Waals surface area contributed by atoms with E-state index in [4.69, 9.17) is 11.6 Å². The van der Waals surface area contributed by atoms with Crippen molar-refractivity contribution in [2.45, 2.75) is 6.54 Å². The average molecular weight is 390 g/mol. The summed E-state index contributed by atoms with van der Waals surface area (Å²) < 4.78 is 28.8. The van der Waals surface area contributed by atoms with Crippen molar-refractivity contribution in [3.63, 3.8) is 0 Å². The minimum Gasteiger partial charge on any atom is -0.324 e. The summed E-state index contributed by atoms with van der Waals surface area (Å²) in [5.74, 6) is -1.67. The van der Waals surface area contributed by atoms with Crippen LogP contribution in [0, 0.1) is 11.6 Å². The van der Waals surface area contributed by atoms with Gasteiger partial charge in [-0.05, 0) is 36.4 Å². The van der Waals surface area contributed by atoms with Gasteiger partial charge in [0.1, 0.15) is 24.5 Å². The van der Waals surface area contributed by atoms with Crippen LogP contribution in [-0.4, -0.2) is 25.1 Å². The number of nitrogens with one attached hydrogen (secondary N) is 1. The van der Waals surface area contributed by atoms with E-state index in [0.717, 1.165) is 15.1 Å². The molecule has 1 amide bonds. The van der Waals surface area contributed by atoms with Gasteiger partial charge < -0.3 is 5.32 Å². The second kappa shape index (κ2) is 6.44. The number of halogens is 3. The first-order valence-corrected chi connectivity index (χ1v) is 8.08. The largest absolute Gasteiger partial charge is 0.352 e. The first-order valence-electron chi connectivity index (χ1n) is 7.71. The summed E-state index contributed by atoms with van der Waals surface area (Å²) in [6, 6.07) is 7.64. The molecule has 0 saturated heterocycles. The minimum absolute atomic E-state index is 0.141. The van der Waals surface area contributed by atoms with Gasteiger partial charge in [-0.2, -0.15) is 0 Å². The molecule has 1 N–H and O–H groups in total. The van der Waals surface area contributed by atoms with Gasteiger partial charge >= 0.3 is 5.69 Å². The van der Waals surface area contributed by atoms with Crippen LogP contribution < -0.4 is 11.0 Å². The van der Waals surface area contributed by atoms with Crippen LogP contribution in [-0.2, 0) is 11.3 Å². The summed E-state index contributed by atoms with van der Waals surface area (Å²) in [5, 5.41) is 6.81. The van der Waals surface area contributed by atoms with Gasteiger partial charge in [-0.15, -0.1) is 5.10 Å². The highest BCUT2D eigenvalue weighted by atomic mass is 35.5. The molecule has 0 fully saturated rings. The fourth-order valence-electron chi connectivity index (χ4n) is 2.64. The van der Waals surface area contributed by atoms with Crippen LogP contribution >= 0.6 is 11.6 Å². The van der Waals surface area contributed by atoms with Gasteiger partial charge in [-0.3, -0.25) is 4.79 Å². The number of anilines is 1. The molecule has 0 aliphatic rings. The van der Waals surface area contributed by atoms with Gasteiger partial charge in [0, 0.05) is 11.1 Å². The Balaban J connectivity index is 1.67. The van der Waals surface area contributed by atoms with Crippen molar-refractivity contribution in [1.29, 1.82) is 0 Å². The molecule has 2 heterocycles. The lowest BCUT2D eigenvalue weighted by atomic mass is 10.2. The van der Waals surface area contributed by atoms with Crippen LogP contribution in [0.4, 0.5) is 14.5 Å². The molecular formula is C17H10ClF2N5O2. The number of rotatable bonds is 3. The topological polar surface area (TPSA) is 81.3 Å². The Labute approximate surface area is 154 Å². The minimum atomic E-state index is -0.613. The monoisotopic (exact) mass is 389 g/mol. The summed E-state index contributed by atoms with van der Waals surface area (Å²) in [6.07, 6.45) is 1.26. The third-order valence-electron chi connectivity index (χ3n) is 3.88. The van der Waals surface area contributed by atoms with E-state index in [0.29, 0.717) is 10.9 Å². The van der Waals surface area contributed by atoms with E-state index in [1.165, 1.54) is 36.7 Å². The lowest BCUT2D eigenvalue weighted by Gasteiger charge is -2.05. The number of nitrogens with zero attached hydrogens (tertiary/aromatic N) is 4. The summed E-state index contributed by atoms with van der Waals surface area (Å²) in [7, 11) is 0. The molecule has 136 valence electrons. The Hall–Kier alpha value is -3.33. The van der Waals surface area contributed by atoms with E-state index in [1.54, 1.807) is 0 Å². The van der Waals surface area contributed by atoms with Gasteiger partial charge in [0.15, 0.2) is 5.65 Å². The normalized spacial score (nSPS) is 11.2. The zero-order chi connectivity index (χ0) is 19.1. The Morgan fingerprint density at radius 3 is 2.78 bits per heavy atom. The van der Waals surface area contributed by atoms with E-state index >= 15 is 0 Å². The number of hydrogen-bond acceptors (Lipinski definition) is 4. The maximum atomic E-state index is 13.5. The van der Waals surface area contributed by atoms with Crippen LogP contribution in [0.15, 0.2) is 47.5 Å². The first kappa shape index (κ1) is 17.1. The molecular weight excluding hydrogens is 380 g/mol. The maximum Gasteiger partial charge on any atom is 0.352 e. The van der Waals surface area contributed by atoms with Crippen LogP contribution in [0.1, 0.15) is 0 Å². The summed E-state index contributed by atoms with van der Waals surface area (Å²) in [5.41, 5.74) is 0.321. The zero-order valence-electron chi connectivity index (χ0n) is 13.5. The second-order valence-electron chi connectivity index (χ2n) is 5.72. The van der Waals surface area contributed by atoms with Gasteiger partial charge in [-0.1, -0.05) is 11.6 Å². The summed E-state index contributed by atoms with van der Waals surface area (Å²) in [6.45, 7) is -0.397. The third kappa shape index (κ3) is 3.13. The average Bonchev–Trinajstić information content (AvgIpc) is 2.94. The van der Waals surface area contributed by atoms with Crippen molar-refractivity contribution in [3.8, 4) is 0 Å². The van der Waals surface area contributed by atoms with Gasteiger partial charge in [0.25, 0.3) is 0 Å². The van der Waals surface area contributed by atoms with Gasteiger partial charge in [0.2, 0.25) is 5.91 Å². The van der Waals surface area contributed by atoms with Gasteiger partial charge in [0.05, 0.1) is 10.5 Å². The van der Waals surface area contributed by atoms with Crippen molar-refractivity contribution in [3.05, 3.63) is 69.9 Å². The van der Waals surface area contributed by atoms with E-state index in [2.05, 4.69) is 15.4 Å². The Bertz CT molecular complexity index is 1270. The maximum absolute atomic E-state index is 13.5. The lowest BCUT2D eigenvalue weighted by Crippen LogP contribution is -2.28. The Kier molecular flexibility index (Phi) is 4.08. The van der Waals surface area contributed by atoms with Crippen molar-refractivity contribution in [2.75, 3.05) is 5.32 Å². The predicted molar refractivity (Wildman–Crippen MR) is 94.8 cm³/mol. The van der Waals surface area contributed by atoms with E-state index in [9.17, 15) is 18.4 Å². The molecule has 2 aromatic carbocycles. The number of hydrogen-bond donors (Lipinski definition) is 1. The number of carbonyl (C=O) groups is 1. The predicted octanol–water partition coefficient (Wildman–Crippen LogP) is 2.61. The second-order valence-corrected chi connectivity index (χ2v) is 6.12. The Morgan fingerprint density at radius 1 is 1.19 bits per heavy atom.